The van der Waals surface area contributed by atoms with Gasteiger partial charge in [0.2, 0.25) is 15.9 Å². The maximum atomic E-state index is 12.6. The molecule has 1 amide bonds. The molecule has 0 spiro atoms. The van der Waals surface area contributed by atoms with Crippen molar-refractivity contribution in [3.8, 4) is 5.75 Å². The van der Waals surface area contributed by atoms with Crippen LogP contribution in [0.4, 0.5) is 5.69 Å². The van der Waals surface area contributed by atoms with Gasteiger partial charge in [0, 0.05) is 24.9 Å². The Labute approximate surface area is 164 Å². The SMILES string of the molecule is COc1ccc(NC(=O)C=Cc2ccc(S(=O)(=O)N3CCOCC3)cc2)cc1. The number of methoxy groups -OCH3 is 1. The second-order valence-electron chi connectivity index (χ2n) is 6.14. The molecule has 148 valence electrons. The van der Waals surface area contributed by atoms with Gasteiger partial charge in [0.1, 0.15) is 5.75 Å². The van der Waals surface area contributed by atoms with Gasteiger partial charge in [-0.3, -0.25) is 4.79 Å². The minimum Gasteiger partial charge on any atom is -0.497 e. The number of ether oxygens (including phenoxy) is 2. The lowest BCUT2D eigenvalue weighted by Crippen LogP contribution is -2.40. The molecule has 0 atom stereocenters. The fourth-order valence-electron chi connectivity index (χ4n) is 2.72. The van der Waals surface area contributed by atoms with E-state index in [9.17, 15) is 13.2 Å². The predicted octanol–water partition coefficient (Wildman–Crippen LogP) is 2.37. The third-order valence-corrected chi connectivity index (χ3v) is 6.19. The van der Waals surface area contributed by atoms with E-state index in [1.807, 2.05) is 0 Å². The summed E-state index contributed by atoms with van der Waals surface area (Å²) in [5.41, 5.74) is 1.38. The van der Waals surface area contributed by atoms with Crippen molar-refractivity contribution in [2.45, 2.75) is 4.90 Å². The average Bonchev–Trinajstić information content (AvgIpc) is 2.74. The van der Waals surface area contributed by atoms with Gasteiger partial charge < -0.3 is 14.8 Å². The van der Waals surface area contributed by atoms with E-state index in [2.05, 4.69) is 5.32 Å². The van der Waals surface area contributed by atoms with Crippen molar-refractivity contribution in [1.29, 1.82) is 0 Å². The highest BCUT2D eigenvalue weighted by atomic mass is 32.2. The number of hydrogen-bond donors (Lipinski definition) is 1. The molecular formula is C20H22N2O5S. The van der Waals surface area contributed by atoms with Crippen molar-refractivity contribution in [3.05, 3.63) is 60.2 Å². The fourth-order valence-corrected chi connectivity index (χ4v) is 4.13. The van der Waals surface area contributed by atoms with E-state index in [-0.39, 0.29) is 10.8 Å². The summed E-state index contributed by atoms with van der Waals surface area (Å²) >= 11 is 0. The van der Waals surface area contributed by atoms with Crippen molar-refractivity contribution < 1.29 is 22.7 Å². The van der Waals surface area contributed by atoms with Crippen molar-refractivity contribution in [3.63, 3.8) is 0 Å². The topological polar surface area (TPSA) is 84.9 Å². The maximum absolute atomic E-state index is 12.6. The quantitative estimate of drug-likeness (QED) is 0.750. The summed E-state index contributed by atoms with van der Waals surface area (Å²) < 4.78 is 36.9. The molecule has 0 bridgehead atoms. The fraction of sp³-hybridized carbons (Fsp3) is 0.250. The molecule has 1 N–H and O–H groups in total. The molecule has 0 aromatic heterocycles. The molecule has 7 nitrogen and oxygen atoms in total. The third-order valence-electron chi connectivity index (χ3n) is 4.27. The summed E-state index contributed by atoms with van der Waals surface area (Å²) in [6, 6.07) is 13.4. The lowest BCUT2D eigenvalue weighted by Gasteiger charge is -2.26. The van der Waals surface area contributed by atoms with Crippen LogP contribution in [-0.2, 0) is 19.6 Å². The number of carbonyl (C=O) groups is 1. The smallest absolute Gasteiger partial charge is 0.248 e. The minimum atomic E-state index is -3.52. The number of benzene rings is 2. The second-order valence-corrected chi connectivity index (χ2v) is 8.07. The number of carbonyl (C=O) groups excluding carboxylic acids is 1. The lowest BCUT2D eigenvalue weighted by atomic mass is 10.2. The first kappa shape index (κ1) is 20.1. The van der Waals surface area contributed by atoms with Crippen molar-refractivity contribution in [2.75, 3.05) is 38.7 Å². The van der Waals surface area contributed by atoms with Gasteiger partial charge in [0.15, 0.2) is 0 Å². The minimum absolute atomic E-state index is 0.231. The molecule has 1 aliphatic rings. The Morgan fingerprint density at radius 3 is 2.32 bits per heavy atom. The van der Waals surface area contributed by atoms with Crippen molar-refractivity contribution in [2.24, 2.45) is 0 Å². The molecular weight excluding hydrogens is 380 g/mol. The first-order valence-electron chi connectivity index (χ1n) is 8.80. The number of sulfonamides is 1. The Morgan fingerprint density at radius 2 is 1.71 bits per heavy atom. The highest BCUT2D eigenvalue weighted by molar-refractivity contribution is 7.89. The third kappa shape index (κ3) is 4.98. The number of amides is 1. The Morgan fingerprint density at radius 1 is 1.07 bits per heavy atom. The van der Waals surface area contributed by atoms with E-state index in [1.165, 1.54) is 10.4 Å². The van der Waals surface area contributed by atoms with Crippen LogP contribution in [0, 0.1) is 0 Å². The average molecular weight is 402 g/mol. The van der Waals surface area contributed by atoms with Crippen LogP contribution >= 0.6 is 0 Å². The van der Waals surface area contributed by atoms with Crippen LogP contribution in [0.1, 0.15) is 5.56 Å². The van der Waals surface area contributed by atoms with E-state index in [1.54, 1.807) is 61.7 Å². The maximum Gasteiger partial charge on any atom is 0.248 e. The standard InChI is InChI=1S/C20H22N2O5S/c1-26-18-7-5-17(6-8-18)21-20(23)11-4-16-2-9-19(10-3-16)28(24,25)22-12-14-27-15-13-22/h2-11H,12-15H2,1H3,(H,21,23). The zero-order valence-electron chi connectivity index (χ0n) is 15.5. The van der Waals surface area contributed by atoms with Crippen LogP contribution in [-0.4, -0.2) is 52.0 Å². The van der Waals surface area contributed by atoms with Crippen molar-refractivity contribution in [1.82, 2.24) is 4.31 Å². The second kappa shape index (κ2) is 9.01. The summed E-state index contributed by atoms with van der Waals surface area (Å²) in [5.74, 6) is 0.427. The molecule has 2 aromatic carbocycles. The van der Waals surface area contributed by atoms with Gasteiger partial charge >= 0.3 is 0 Å². The molecule has 0 radical (unpaired) electrons. The summed E-state index contributed by atoms with van der Waals surface area (Å²) in [4.78, 5) is 12.3. The van der Waals surface area contributed by atoms with Gasteiger partial charge in [-0.15, -0.1) is 0 Å². The van der Waals surface area contributed by atoms with Crippen LogP contribution < -0.4 is 10.1 Å². The summed E-state index contributed by atoms with van der Waals surface area (Å²) in [5, 5.41) is 2.75. The summed E-state index contributed by atoms with van der Waals surface area (Å²) in [6.45, 7) is 1.53. The molecule has 1 aliphatic heterocycles. The van der Waals surface area contributed by atoms with Crippen molar-refractivity contribution >= 4 is 27.7 Å². The lowest BCUT2D eigenvalue weighted by molar-refractivity contribution is -0.111. The molecule has 28 heavy (non-hydrogen) atoms. The van der Waals surface area contributed by atoms with Gasteiger partial charge in [0.05, 0.1) is 25.2 Å². The van der Waals surface area contributed by atoms with Crippen LogP contribution in [0.2, 0.25) is 0 Å². The number of hydrogen-bond acceptors (Lipinski definition) is 5. The molecule has 0 saturated carbocycles. The molecule has 0 unspecified atom stereocenters. The van der Waals surface area contributed by atoms with Crippen LogP contribution in [0.25, 0.3) is 6.08 Å². The van der Waals surface area contributed by atoms with Gasteiger partial charge in [-0.25, -0.2) is 8.42 Å². The van der Waals surface area contributed by atoms with Crippen LogP contribution in [0.3, 0.4) is 0 Å². The zero-order valence-corrected chi connectivity index (χ0v) is 16.3. The molecule has 2 aromatic rings. The molecule has 8 heteroatoms. The number of anilines is 1. The Bertz CT molecular complexity index is 932. The van der Waals surface area contributed by atoms with Crippen LogP contribution in [0.5, 0.6) is 5.75 Å². The number of nitrogens with one attached hydrogen (secondary N) is 1. The first-order valence-corrected chi connectivity index (χ1v) is 10.2. The number of rotatable bonds is 6. The Hall–Kier alpha value is -2.68. The molecule has 1 heterocycles. The van der Waals surface area contributed by atoms with Gasteiger partial charge in [0.25, 0.3) is 0 Å². The van der Waals surface area contributed by atoms with Gasteiger partial charge in [-0.1, -0.05) is 12.1 Å². The molecule has 1 saturated heterocycles. The van der Waals surface area contributed by atoms with Crippen LogP contribution in [0.15, 0.2) is 59.5 Å². The summed E-state index contributed by atoms with van der Waals surface area (Å²) in [6.07, 6.45) is 3.03. The number of nitrogens with zero attached hydrogens (tertiary/aromatic N) is 1. The Kier molecular flexibility index (Phi) is 6.45. The first-order chi connectivity index (χ1) is 13.5. The molecule has 3 rings (SSSR count). The Balaban J connectivity index is 1.62. The van der Waals surface area contributed by atoms with Gasteiger partial charge in [-0.05, 0) is 48.0 Å². The normalized spacial score (nSPS) is 15.5. The predicted molar refractivity (Wildman–Crippen MR) is 107 cm³/mol. The molecule has 1 fully saturated rings. The highest BCUT2D eigenvalue weighted by Gasteiger charge is 2.25. The van der Waals surface area contributed by atoms with E-state index in [0.29, 0.717) is 37.7 Å². The molecule has 0 aliphatic carbocycles. The highest BCUT2D eigenvalue weighted by Crippen LogP contribution is 2.18. The van der Waals surface area contributed by atoms with E-state index in [4.69, 9.17) is 9.47 Å². The van der Waals surface area contributed by atoms with E-state index >= 15 is 0 Å². The monoisotopic (exact) mass is 402 g/mol. The largest absolute Gasteiger partial charge is 0.497 e. The van der Waals surface area contributed by atoms with E-state index in [0.717, 1.165) is 5.56 Å². The summed E-state index contributed by atoms with van der Waals surface area (Å²) in [7, 11) is -1.94. The van der Waals surface area contributed by atoms with E-state index < -0.39 is 10.0 Å². The number of morpholine rings is 1. The zero-order chi connectivity index (χ0) is 20.0. The van der Waals surface area contributed by atoms with Gasteiger partial charge in [-0.2, -0.15) is 4.31 Å².